The highest BCUT2D eigenvalue weighted by Gasteiger charge is 2.34. The van der Waals surface area contributed by atoms with Crippen LogP contribution in [0.4, 0.5) is 14.6 Å². The van der Waals surface area contributed by atoms with Crippen LogP contribution in [0.15, 0.2) is 59.0 Å². The van der Waals surface area contributed by atoms with Crippen LogP contribution in [0.25, 0.3) is 28.0 Å². The Morgan fingerprint density at radius 2 is 1.88 bits per heavy atom. The van der Waals surface area contributed by atoms with Crippen molar-refractivity contribution >= 4 is 34.5 Å². The average molecular weight is 607 g/mol. The van der Waals surface area contributed by atoms with Crippen LogP contribution in [0.1, 0.15) is 39.2 Å². The van der Waals surface area contributed by atoms with Gasteiger partial charge in [-0.2, -0.15) is 4.98 Å². The number of aromatic nitrogens is 4. The normalized spacial score (nSPS) is 17.1. The molecule has 4 heterocycles. The lowest BCUT2D eigenvalue weighted by atomic mass is 10.0. The number of hydrogen-bond acceptors (Lipinski definition) is 8. The van der Waals surface area contributed by atoms with E-state index in [2.05, 4.69) is 21.5 Å². The van der Waals surface area contributed by atoms with Gasteiger partial charge < -0.3 is 14.9 Å². The Labute approximate surface area is 251 Å². The summed E-state index contributed by atoms with van der Waals surface area (Å²) < 4.78 is 32.2. The average Bonchev–Trinajstić information content (AvgIpc) is 2.97. The molecule has 1 aromatic carbocycles. The minimum atomic E-state index is -0.900. The van der Waals surface area contributed by atoms with E-state index >= 15 is 4.39 Å². The van der Waals surface area contributed by atoms with E-state index in [-0.39, 0.29) is 40.8 Å². The van der Waals surface area contributed by atoms with E-state index in [1.165, 1.54) is 40.6 Å². The summed E-state index contributed by atoms with van der Waals surface area (Å²) in [5.41, 5.74) is -0.277. The largest absolute Gasteiger partial charge is 0.507 e. The summed E-state index contributed by atoms with van der Waals surface area (Å²) in [6, 6.07) is 6.06. The maximum absolute atomic E-state index is 15.9. The van der Waals surface area contributed by atoms with Crippen molar-refractivity contribution in [1.82, 2.24) is 24.4 Å². The highest BCUT2D eigenvalue weighted by Crippen LogP contribution is 2.38. The molecule has 1 aliphatic heterocycles. The van der Waals surface area contributed by atoms with E-state index in [9.17, 15) is 19.1 Å². The molecule has 0 aliphatic carbocycles. The van der Waals surface area contributed by atoms with Gasteiger partial charge in [-0.05, 0) is 61.9 Å². The molecule has 0 spiro atoms. The van der Waals surface area contributed by atoms with Gasteiger partial charge in [-0.3, -0.25) is 4.79 Å². The van der Waals surface area contributed by atoms with Crippen LogP contribution in [0, 0.1) is 11.6 Å². The number of carbonyl (C=O) groups is 1. The number of nitrogens with zero attached hydrogens (tertiary/aromatic N) is 6. The van der Waals surface area contributed by atoms with Gasteiger partial charge in [-0.1, -0.05) is 26.5 Å². The number of thioether (sulfide) groups is 1. The van der Waals surface area contributed by atoms with Crippen LogP contribution in [0.3, 0.4) is 0 Å². The van der Waals surface area contributed by atoms with E-state index in [4.69, 9.17) is 0 Å². The van der Waals surface area contributed by atoms with Gasteiger partial charge in [-0.25, -0.2) is 28.1 Å². The molecule has 1 N–H and O–H groups in total. The number of hydrogen-bond donors (Lipinski definition) is 1. The highest BCUT2D eigenvalue weighted by molar-refractivity contribution is 7.98. The van der Waals surface area contributed by atoms with Gasteiger partial charge in [0.25, 0.3) is 0 Å². The third kappa shape index (κ3) is 5.24. The number of amides is 1. The Morgan fingerprint density at radius 1 is 1.14 bits per heavy atom. The summed E-state index contributed by atoms with van der Waals surface area (Å²) in [5, 5.41) is 11.2. The quantitative estimate of drug-likeness (QED) is 0.234. The summed E-state index contributed by atoms with van der Waals surface area (Å²) in [6.45, 7) is 11.9. The molecule has 0 radical (unpaired) electrons. The summed E-state index contributed by atoms with van der Waals surface area (Å²) in [7, 11) is 0. The molecule has 2 atom stereocenters. The molecule has 224 valence electrons. The van der Waals surface area contributed by atoms with E-state index in [1.807, 2.05) is 38.9 Å². The first-order valence-electron chi connectivity index (χ1n) is 13.8. The van der Waals surface area contributed by atoms with E-state index in [0.29, 0.717) is 23.8 Å². The first-order chi connectivity index (χ1) is 20.5. The Hall–Kier alpha value is -4.32. The Kier molecular flexibility index (Phi) is 8.24. The molecule has 43 heavy (non-hydrogen) atoms. The predicted molar refractivity (Wildman–Crippen MR) is 164 cm³/mol. The standard InChI is InChI=1S/C31H32F2N6O3S/c1-7-24(41)37-14-18(5)38(15-17(37)4)28-20-13-22(33)26(25-21(32)9-8-10-23(25)40)35-29(20)39(31(42)36-28)27-19(16(2)3)11-12-34-30(27)43-6/h7-13,16-18,40H,1,14-15H2,2-6H3/t17-,18+/m1/s1. The Balaban J connectivity index is 1.86. The smallest absolute Gasteiger partial charge is 0.355 e. The van der Waals surface area contributed by atoms with Gasteiger partial charge in [0.05, 0.1) is 16.6 Å². The third-order valence-electron chi connectivity index (χ3n) is 7.71. The molecule has 0 bridgehead atoms. The number of aromatic hydroxyl groups is 1. The third-order valence-corrected chi connectivity index (χ3v) is 8.39. The first kappa shape index (κ1) is 30.1. The fourth-order valence-electron chi connectivity index (χ4n) is 5.58. The first-order valence-corrected chi connectivity index (χ1v) is 15.0. The molecule has 4 aromatic rings. The SMILES string of the molecule is C=CC(=O)N1C[C@H](C)N(c2nc(=O)n(-c3c(C(C)C)ccnc3SC)c3nc(-c4c(O)cccc4F)c(F)cc23)C[C@H]1C. The molecule has 0 unspecified atom stereocenters. The molecule has 0 saturated carbocycles. The van der Waals surface area contributed by atoms with Gasteiger partial charge in [0.1, 0.15) is 28.1 Å². The van der Waals surface area contributed by atoms with Crippen LogP contribution in [0.2, 0.25) is 0 Å². The second-order valence-corrected chi connectivity index (χ2v) is 11.6. The maximum Gasteiger partial charge on any atom is 0.355 e. The Bertz CT molecular complexity index is 1790. The van der Waals surface area contributed by atoms with Crippen molar-refractivity contribution in [3.8, 4) is 22.7 Å². The minimum Gasteiger partial charge on any atom is -0.507 e. The zero-order valence-corrected chi connectivity index (χ0v) is 25.3. The molecule has 1 amide bonds. The fraction of sp³-hybridized carbons (Fsp3) is 0.323. The van der Waals surface area contributed by atoms with Gasteiger partial charge >= 0.3 is 5.69 Å². The summed E-state index contributed by atoms with van der Waals surface area (Å²) in [4.78, 5) is 43.6. The van der Waals surface area contributed by atoms with Crippen LogP contribution in [-0.2, 0) is 4.79 Å². The van der Waals surface area contributed by atoms with Crippen LogP contribution >= 0.6 is 11.8 Å². The number of benzene rings is 1. The predicted octanol–water partition coefficient (Wildman–Crippen LogP) is 5.28. The van der Waals surface area contributed by atoms with Crippen molar-refractivity contribution in [3.63, 3.8) is 0 Å². The second-order valence-electron chi connectivity index (χ2n) is 10.8. The zero-order valence-electron chi connectivity index (χ0n) is 24.5. The minimum absolute atomic E-state index is 0.0302. The molecule has 5 rings (SSSR count). The van der Waals surface area contributed by atoms with E-state index in [1.54, 1.807) is 17.2 Å². The van der Waals surface area contributed by atoms with Crippen LogP contribution < -0.4 is 10.6 Å². The van der Waals surface area contributed by atoms with Gasteiger partial charge in [0.15, 0.2) is 11.5 Å². The van der Waals surface area contributed by atoms with Crippen molar-refractivity contribution < 1.29 is 18.7 Å². The van der Waals surface area contributed by atoms with Gasteiger partial charge in [-0.15, -0.1) is 11.8 Å². The summed E-state index contributed by atoms with van der Waals surface area (Å²) >= 11 is 1.33. The molecular weight excluding hydrogens is 574 g/mol. The van der Waals surface area contributed by atoms with Gasteiger partial charge in [0, 0.05) is 31.4 Å². The van der Waals surface area contributed by atoms with Crippen molar-refractivity contribution in [1.29, 1.82) is 0 Å². The topological polar surface area (TPSA) is 104 Å². The fourth-order valence-corrected chi connectivity index (χ4v) is 6.15. The zero-order chi connectivity index (χ0) is 31.2. The van der Waals surface area contributed by atoms with Crippen molar-refractivity contribution in [2.24, 2.45) is 0 Å². The number of fused-ring (bicyclic) bond motifs is 1. The molecule has 12 heteroatoms. The van der Waals surface area contributed by atoms with Crippen molar-refractivity contribution in [2.45, 2.75) is 50.7 Å². The second kappa shape index (κ2) is 11.8. The number of piperazine rings is 1. The number of halogens is 2. The van der Waals surface area contributed by atoms with Crippen LogP contribution in [-0.4, -0.2) is 66.9 Å². The molecule has 9 nitrogen and oxygen atoms in total. The Morgan fingerprint density at radius 3 is 2.53 bits per heavy atom. The summed E-state index contributed by atoms with van der Waals surface area (Å²) in [6.07, 6.45) is 4.74. The van der Waals surface area contributed by atoms with Gasteiger partial charge in [0.2, 0.25) is 5.91 Å². The monoisotopic (exact) mass is 606 g/mol. The van der Waals surface area contributed by atoms with Crippen LogP contribution in [0.5, 0.6) is 5.75 Å². The van der Waals surface area contributed by atoms with Crippen molar-refractivity contribution in [3.05, 3.63) is 76.9 Å². The number of carbonyl (C=O) groups excluding carboxylic acids is 1. The molecule has 1 fully saturated rings. The molecule has 1 aliphatic rings. The lowest BCUT2D eigenvalue weighted by molar-refractivity contribution is -0.128. The lowest BCUT2D eigenvalue weighted by Gasteiger charge is -2.44. The number of pyridine rings is 2. The lowest BCUT2D eigenvalue weighted by Crippen LogP contribution is -2.58. The van der Waals surface area contributed by atoms with E-state index in [0.717, 1.165) is 11.6 Å². The molecule has 3 aromatic heterocycles. The number of phenols is 1. The molecular formula is C31H32F2N6O3S. The summed E-state index contributed by atoms with van der Waals surface area (Å²) in [5.74, 6) is -2.31. The molecule has 1 saturated heterocycles. The van der Waals surface area contributed by atoms with Crippen molar-refractivity contribution in [2.75, 3.05) is 24.2 Å². The maximum atomic E-state index is 15.9. The highest BCUT2D eigenvalue weighted by atomic mass is 32.2. The number of rotatable bonds is 6. The number of phenolic OH excluding ortho intramolecular Hbond substituents is 1. The van der Waals surface area contributed by atoms with E-state index < -0.39 is 34.3 Å². The number of anilines is 1.